The number of aromatic nitrogens is 1. The Morgan fingerprint density at radius 1 is 0.829 bits per heavy atom. The lowest BCUT2D eigenvalue weighted by Crippen LogP contribution is -2.19. The average Bonchev–Trinajstić information content (AvgIpc) is 3.48. The lowest BCUT2D eigenvalue weighted by molar-refractivity contribution is -0.115. The first-order chi connectivity index (χ1) is 20.0. The lowest BCUT2D eigenvalue weighted by Gasteiger charge is -2.17. The highest BCUT2D eigenvalue weighted by Gasteiger charge is 2.24. The van der Waals surface area contributed by atoms with E-state index in [9.17, 15) is 9.59 Å². The summed E-state index contributed by atoms with van der Waals surface area (Å²) < 4.78 is 10.6. The molecule has 0 aliphatic carbocycles. The van der Waals surface area contributed by atoms with Gasteiger partial charge in [-0.1, -0.05) is 48.5 Å². The van der Waals surface area contributed by atoms with Crippen molar-refractivity contribution in [1.29, 1.82) is 0 Å². The van der Waals surface area contributed by atoms with Gasteiger partial charge in [0.25, 0.3) is 5.91 Å². The van der Waals surface area contributed by atoms with Gasteiger partial charge in [0.05, 0.1) is 19.9 Å². The van der Waals surface area contributed by atoms with Crippen LogP contribution >= 0.6 is 23.1 Å². The number of hydrogen-bond acceptors (Lipinski definition) is 7. The summed E-state index contributed by atoms with van der Waals surface area (Å²) in [5.74, 6) is 0.961. The van der Waals surface area contributed by atoms with Crippen molar-refractivity contribution >= 4 is 45.7 Å². The zero-order valence-corrected chi connectivity index (χ0v) is 24.0. The van der Waals surface area contributed by atoms with E-state index in [1.165, 1.54) is 23.1 Å². The molecule has 0 aliphatic heterocycles. The number of nitrogens with one attached hydrogen (secondary N) is 2. The number of hydrogen-bond donors (Lipinski definition) is 2. The molecule has 2 N–H and O–H groups in total. The van der Waals surface area contributed by atoms with E-state index in [4.69, 9.17) is 9.47 Å². The third kappa shape index (κ3) is 6.95. The number of thioether (sulfide) groups is 1. The van der Waals surface area contributed by atoms with Crippen LogP contribution in [0.2, 0.25) is 0 Å². The first kappa shape index (κ1) is 27.9. The fourth-order valence-corrected chi connectivity index (χ4v) is 5.91. The van der Waals surface area contributed by atoms with Crippen LogP contribution in [0.5, 0.6) is 11.5 Å². The molecule has 0 aliphatic rings. The zero-order chi connectivity index (χ0) is 28.6. The molecule has 5 aromatic rings. The third-order valence-electron chi connectivity index (χ3n) is 6.16. The Kier molecular flexibility index (Phi) is 8.98. The first-order valence-corrected chi connectivity index (χ1v) is 14.5. The molecule has 41 heavy (non-hydrogen) atoms. The van der Waals surface area contributed by atoms with Gasteiger partial charge in [-0.25, -0.2) is 4.98 Å². The van der Waals surface area contributed by atoms with Gasteiger partial charge < -0.3 is 20.1 Å². The van der Waals surface area contributed by atoms with E-state index in [1.54, 1.807) is 38.5 Å². The van der Waals surface area contributed by atoms with Gasteiger partial charge in [0, 0.05) is 27.1 Å². The minimum absolute atomic E-state index is 0.199. The highest BCUT2D eigenvalue weighted by Crippen LogP contribution is 2.38. The monoisotopic (exact) mass is 581 g/mol. The summed E-state index contributed by atoms with van der Waals surface area (Å²) in [6.45, 7) is 0. The van der Waals surface area contributed by atoms with Crippen LogP contribution in [-0.4, -0.2) is 31.0 Å². The maximum Gasteiger partial charge on any atom is 0.255 e. The number of methoxy groups -OCH3 is 2. The normalized spacial score (nSPS) is 11.4. The highest BCUT2D eigenvalue weighted by atomic mass is 32.2. The van der Waals surface area contributed by atoms with Crippen LogP contribution in [0.15, 0.2) is 113 Å². The maximum atomic E-state index is 13.6. The summed E-state index contributed by atoms with van der Waals surface area (Å²) in [5, 5.41) is 7.77. The molecule has 1 aromatic heterocycles. The number of nitrogens with zero attached hydrogens (tertiary/aromatic N) is 1. The number of carbonyl (C=O) groups excluding carboxylic acids is 2. The van der Waals surface area contributed by atoms with Crippen LogP contribution in [0, 0.1) is 0 Å². The molecule has 0 saturated carbocycles. The molecule has 2 amide bonds. The van der Waals surface area contributed by atoms with Gasteiger partial charge in [0.2, 0.25) is 5.91 Å². The van der Waals surface area contributed by atoms with Crippen LogP contribution in [0.25, 0.3) is 11.3 Å². The van der Waals surface area contributed by atoms with Crippen LogP contribution in [0.4, 0.5) is 10.8 Å². The molecule has 1 atom stereocenters. The fourth-order valence-electron chi connectivity index (χ4n) is 4.11. The van der Waals surface area contributed by atoms with Crippen molar-refractivity contribution in [3.05, 3.63) is 120 Å². The molecule has 0 saturated heterocycles. The molecule has 0 bridgehead atoms. The molecule has 206 valence electrons. The number of ether oxygens (including phenoxy) is 2. The number of carbonyl (C=O) groups is 2. The minimum Gasteiger partial charge on any atom is -0.497 e. The Bertz CT molecular complexity index is 1640. The van der Waals surface area contributed by atoms with Crippen LogP contribution < -0.4 is 20.1 Å². The van der Waals surface area contributed by atoms with Crippen LogP contribution in [0.1, 0.15) is 21.2 Å². The van der Waals surface area contributed by atoms with Gasteiger partial charge in [-0.05, 0) is 60.2 Å². The standard InChI is InChI=1S/C32H27N3O4S2/c1-38-24-17-15-22(16-18-24)30(36)33-23-11-8-12-25(19-23)41-29(21-9-4-3-5-10-21)31(37)35-32-34-27(20-40-32)26-13-6-7-14-28(26)39-2/h3-20,29H,1-2H3,(H,33,36)(H,34,35,37). The summed E-state index contributed by atoms with van der Waals surface area (Å²) in [6.07, 6.45) is 0. The number of para-hydroxylation sites is 1. The SMILES string of the molecule is COc1ccc(C(=O)Nc2cccc(SC(C(=O)Nc3nc(-c4ccccc4OC)cs3)c3ccccc3)c2)cc1. The molecule has 1 heterocycles. The van der Waals surface area contributed by atoms with Crippen LogP contribution in [-0.2, 0) is 4.79 Å². The largest absolute Gasteiger partial charge is 0.497 e. The summed E-state index contributed by atoms with van der Waals surface area (Å²) in [5.41, 5.74) is 3.58. The number of thiazole rings is 1. The Labute approximate surface area is 246 Å². The topological polar surface area (TPSA) is 89.5 Å². The van der Waals surface area contributed by atoms with E-state index >= 15 is 0 Å². The van der Waals surface area contributed by atoms with E-state index < -0.39 is 5.25 Å². The fraction of sp³-hybridized carbons (Fsp3) is 0.0938. The molecular weight excluding hydrogens is 555 g/mol. The van der Waals surface area contributed by atoms with Crippen molar-refractivity contribution in [2.24, 2.45) is 0 Å². The molecule has 7 nitrogen and oxygen atoms in total. The number of rotatable bonds is 10. The molecular formula is C32H27N3O4S2. The average molecular weight is 582 g/mol. The van der Waals surface area contributed by atoms with E-state index in [1.807, 2.05) is 84.2 Å². The predicted molar refractivity (Wildman–Crippen MR) is 165 cm³/mol. The Morgan fingerprint density at radius 2 is 1.59 bits per heavy atom. The van der Waals surface area contributed by atoms with E-state index in [2.05, 4.69) is 15.6 Å². The number of amides is 2. The van der Waals surface area contributed by atoms with Gasteiger partial charge >= 0.3 is 0 Å². The second-order valence-electron chi connectivity index (χ2n) is 8.85. The Morgan fingerprint density at radius 3 is 2.34 bits per heavy atom. The van der Waals surface area contributed by atoms with Crippen molar-refractivity contribution in [2.45, 2.75) is 10.1 Å². The lowest BCUT2D eigenvalue weighted by atomic mass is 10.1. The van der Waals surface area contributed by atoms with Crippen molar-refractivity contribution in [2.75, 3.05) is 24.9 Å². The summed E-state index contributed by atoms with van der Waals surface area (Å²) in [7, 11) is 3.20. The molecule has 1 unspecified atom stereocenters. The molecule has 9 heteroatoms. The van der Waals surface area contributed by atoms with E-state index in [0.717, 1.165) is 21.7 Å². The second kappa shape index (κ2) is 13.2. The molecule has 0 fully saturated rings. The van der Waals surface area contributed by atoms with Gasteiger partial charge in [0.1, 0.15) is 16.7 Å². The van der Waals surface area contributed by atoms with Gasteiger partial charge in [-0.3, -0.25) is 9.59 Å². The van der Waals surface area contributed by atoms with E-state index in [0.29, 0.717) is 27.9 Å². The maximum absolute atomic E-state index is 13.6. The molecule has 0 radical (unpaired) electrons. The molecule has 4 aromatic carbocycles. The van der Waals surface area contributed by atoms with E-state index in [-0.39, 0.29) is 11.8 Å². The highest BCUT2D eigenvalue weighted by molar-refractivity contribution is 8.00. The number of anilines is 2. The third-order valence-corrected chi connectivity index (χ3v) is 8.16. The summed E-state index contributed by atoms with van der Waals surface area (Å²) >= 11 is 2.75. The summed E-state index contributed by atoms with van der Waals surface area (Å²) in [6, 6.07) is 31.6. The van der Waals surface area contributed by atoms with Crippen molar-refractivity contribution in [1.82, 2.24) is 4.98 Å². The van der Waals surface area contributed by atoms with Crippen LogP contribution in [0.3, 0.4) is 0 Å². The van der Waals surface area contributed by atoms with Crippen molar-refractivity contribution in [3.8, 4) is 22.8 Å². The smallest absolute Gasteiger partial charge is 0.255 e. The number of benzene rings is 4. The van der Waals surface area contributed by atoms with Crippen molar-refractivity contribution < 1.29 is 19.1 Å². The van der Waals surface area contributed by atoms with Gasteiger partial charge in [-0.15, -0.1) is 23.1 Å². The van der Waals surface area contributed by atoms with Gasteiger partial charge in [-0.2, -0.15) is 0 Å². The first-order valence-electron chi connectivity index (χ1n) is 12.7. The minimum atomic E-state index is -0.553. The van der Waals surface area contributed by atoms with Crippen molar-refractivity contribution in [3.63, 3.8) is 0 Å². The Hall–Kier alpha value is -4.60. The molecule has 0 spiro atoms. The Balaban J connectivity index is 1.33. The molecule has 5 rings (SSSR count). The quantitative estimate of drug-likeness (QED) is 0.166. The van der Waals surface area contributed by atoms with Gasteiger partial charge in [0.15, 0.2) is 5.13 Å². The summed E-state index contributed by atoms with van der Waals surface area (Å²) in [4.78, 5) is 31.9. The predicted octanol–water partition coefficient (Wildman–Crippen LogP) is 7.55. The second-order valence-corrected chi connectivity index (χ2v) is 10.9. The zero-order valence-electron chi connectivity index (χ0n) is 22.4.